The van der Waals surface area contributed by atoms with Gasteiger partial charge in [0.2, 0.25) is 5.91 Å². The number of halogens is 1. The maximum atomic E-state index is 12.0. The van der Waals surface area contributed by atoms with E-state index in [4.69, 9.17) is 11.6 Å². The van der Waals surface area contributed by atoms with Crippen molar-refractivity contribution in [3.05, 3.63) is 53.3 Å². The van der Waals surface area contributed by atoms with Gasteiger partial charge in [-0.2, -0.15) is 0 Å². The maximum absolute atomic E-state index is 12.0. The molecule has 2 N–H and O–H groups in total. The van der Waals surface area contributed by atoms with E-state index in [-0.39, 0.29) is 11.8 Å². The largest absolute Gasteiger partial charge is 0.326 e. The lowest BCUT2D eigenvalue weighted by Gasteiger charge is -2.08. The molecule has 1 aromatic carbocycles. The fourth-order valence-corrected chi connectivity index (χ4v) is 1.75. The molecule has 0 fully saturated rings. The summed E-state index contributed by atoms with van der Waals surface area (Å²) in [6, 6.07) is 10.1. The third-order valence-corrected chi connectivity index (χ3v) is 2.94. The molecular formula is C15H14ClN3O2. The molecule has 2 aromatic rings. The first-order chi connectivity index (χ1) is 10.1. The number of nitrogens with zero attached hydrogens (tertiary/aromatic N) is 1. The van der Waals surface area contributed by atoms with Crippen LogP contribution in [0.2, 0.25) is 5.15 Å². The van der Waals surface area contributed by atoms with E-state index in [1.54, 1.807) is 43.3 Å². The van der Waals surface area contributed by atoms with Crippen molar-refractivity contribution in [2.24, 2.45) is 0 Å². The van der Waals surface area contributed by atoms with Crippen LogP contribution < -0.4 is 10.6 Å². The standard InChI is InChI=1S/C15H14ClN3O2/c1-2-14(20)18-11-4-3-5-12(8-11)19-15(21)10-6-7-13(16)17-9-10/h3-9H,2H2,1H3,(H,18,20)(H,19,21). The van der Waals surface area contributed by atoms with E-state index in [1.165, 1.54) is 6.20 Å². The zero-order valence-electron chi connectivity index (χ0n) is 11.4. The number of carbonyl (C=O) groups is 2. The number of hydrogen-bond acceptors (Lipinski definition) is 3. The highest BCUT2D eigenvalue weighted by atomic mass is 35.5. The van der Waals surface area contributed by atoms with Crippen LogP contribution in [0.4, 0.5) is 11.4 Å². The second-order valence-electron chi connectivity index (χ2n) is 4.31. The van der Waals surface area contributed by atoms with E-state index in [0.717, 1.165) is 0 Å². The fraction of sp³-hybridized carbons (Fsp3) is 0.133. The van der Waals surface area contributed by atoms with Gasteiger partial charge in [0.05, 0.1) is 5.56 Å². The molecule has 5 nitrogen and oxygen atoms in total. The lowest BCUT2D eigenvalue weighted by Crippen LogP contribution is -2.13. The van der Waals surface area contributed by atoms with Gasteiger partial charge in [-0.1, -0.05) is 24.6 Å². The molecule has 0 bridgehead atoms. The molecule has 0 aliphatic carbocycles. The molecule has 0 unspecified atom stereocenters. The molecule has 1 aromatic heterocycles. The summed E-state index contributed by atoms with van der Waals surface area (Å²) in [5.41, 5.74) is 1.63. The van der Waals surface area contributed by atoms with Crippen LogP contribution in [-0.2, 0) is 4.79 Å². The molecule has 1 heterocycles. The summed E-state index contributed by atoms with van der Waals surface area (Å²) in [7, 11) is 0. The van der Waals surface area contributed by atoms with Crippen molar-refractivity contribution in [1.82, 2.24) is 4.98 Å². The zero-order valence-corrected chi connectivity index (χ0v) is 12.1. The van der Waals surface area contributed by atoms with Crippen molar-refractivity contribution >= 4 is 34.8 Å². The summed E-state index contributed by atoms with van der Waals surface area (Å²) in [4.78, 5) is 27.2. The molecule has 108 valence electrons. The molecule has 0 radical (unpaired) electrons. The minimum Gasteiger partial charge on any atom is -0.326 e. The number of nitrogens with one attached hydrogen (secondary N) is 2. The van der Waals surface area contributed by atoms with Crippen LogP contribution in [0.1, 0.15) is 23.7 Å². The summed E-state index contributed by atoms with van der Waals surface area (Å²) >= 11 is 5.68. The van der Waals surface area contributed by atoms with Crippen LogP contribution >= 0.6 is 11.6 Å². The van der Waals surface area contributed by atoms with Crippen LogP contribution in [0.25, 0.3) is 0 Å². The Morgan fingerprint density at radius 2 is 1.86 bits per heavy atom. The average Bonchev–Trinajstić information content (AvgIpc) is 2.48. The van der Waals surface area contributed by atoms with Gasteiger partial charge in [0.1, 0.15) is 5.15 Å². The Morgan fingerprint density at radius 3 is 2.48 bits per heavy atom. The number of pyridine rings is 1. The van der Waals surface area contributed by atoms with Gasteiger partial charge in [0.15, 0.2) is 0 Å². The normalized spacial score (nSPS) is 10.0. The molecular weight excluding hydrogens is 290 g/mol. The molecule has 2 amide bonds. The molecule has 0 atom stereocenters. The van der Waals surface area contributed by atoms with E-state index in [1.807, 2.05) is 0 Å². The molecule has 21 heavy (non-hydrogen) atoms. The Labute approximate surface area is 127 Å². The van der Waals surface area contributed by atoms with Gasteiger partial charge in [0, 0.05) is 24.0 Å². The average molecular weight is 304 g/mol. The highest BCUT2D eigenvalue weighted by molar-refractivity contribution is 6.29. The van der Waals surface area contributed by atoms with E-state index in [9.17, 15) is 9.59 Å². The van der Waals surface area contributed by atoms with Crippen molar-refractivity contribution in [3.8, 4) is 0 Å². The van der Waals surface area contributed by atoms with Crippen LogP contribution in [0.5, 0.6) is 0 Å². The number of rotatable bonds is 4. The Hall–Kier alpha value is -2.40. The third-order valence-electron chi connectivity index (χ3n) is 2.71. The number of aromatic nitrogens is 1. The van der Waals surface area contributed by atoms with Gasteiger partial charge in [-0.15, -0.1) is 0 Å². The second-order valence-corrected chi connectivity index (χ2v) is 4.69. The van der Waals surface area contributed by atoms with E-state index in [2.05, 4.69) is 15.6 Å². The summed E-state index contributed by atoms with van der Waals surface area (Å²) in [5, 5.41) is 5.80. The maximum Gasteiger partial charge on any atom is 0.257 e. The summed E-state index contributed by atoms with van der Waals surface area (Å²) < 4.78 is 0. The highest BCUT2D eigenvalue weighted by Gasteiger charge is 2.07. The van der Waals surface area contributed by atoms with Gasteiger partial charge in [-0.3, -0.25) is 9.59 Å². The topological polar surface area (TPSA) is 71.1 Å². The molecule has 0 spiro atoms. The van der Waals surface area contributed by atoms with Gasteiger partial charge >= 0.3 is 0 Å². The van der Waals surface area contributed by atoms with Gasteiger partial charge in [0.25, 0.3) is 5.91 Å². The number of hydrogen-bond donors (Lipinski definition) is 2. The van der Waals surface area contributed by atoms with Crippen molar-refractivity contribution in [3.63, 3.8) is 0 Å². The van der Waals surface area contributed by atoms with E-state index < -0.39 is 0 Å². The summed E-state index contributed by atoms with van der Waals surface area (Å²) in [6.45, 7) is 1.77. The predicted molar refractivity (Wildman–Crippen MR) is 82.6 cm³/mol. The van der Waals surface area contributed by atoms with Gasteiger partial charge in [-0.25, -0.2) is 4.98 Å². The molecule has 0 aliphatic heterocycles. The first-order valence-electron chi connectivity index (χ1n) is 6.41. The first kappa shape index (κ1) is 15.0. The van der Waals surface area contributed by atoms with Crippen molar-refractivity contribution < 1.29 is 9.59 Å². The van der Waals surface area contributed by atoms with Crippen LogP contribution in [0.3, 0.4) is 0 Å². The van der Waals surface area contributed by atoms with Crippen molar-refractivity contribution in [2.75, 3.05) is 10.6 Å². The van der Waals surface area contributed by atoms with Gasteiger partial charge in [-0.05, 0) is 30.3 Å². The number of amides is 2. The summed E-state index contributed by atoms with van der Waals surface area (Å²) in [5.74, 6) is -0.376. The van der Waals surface area contributed by atoms with E-state index in [0.29, 0.717) is 28.5 Å². The smallest absolute Gasteiger partial charge is 0.257 e. The molecule has 0 saturated heterocycles. The minimum atomic E-state index is -0.293. The Morgan fingerprint density at radius 1 is 1.14 bits per heavy atom. The van der Waals surface area contributed by atoms with E-state index >= 15 is 0 Å². The Bertz CT molecular complexity index is 656. The Balaban J connectivity index is 2.08. The molecule has 0 aliphatic rings. The third kappa shape index (κ3) is 4.29. The van der Waals surface area contributed by atoms with Crippen LogP contribution in [0, 0.1) is 0 Å². The molecule has 6 heteroatoms. The first-order valence-corrected chi connectivity index (χ1v) is 6.79. The monoisotopic (exact) mass is 303 g/mol. The number of benzene rings is 1. The lowest BCUT2D eigenvalue weighted by molar-refractivity contribution is -0.115. The van der Waals surface area contributed by atoms with Crippen LogP contribution in [-0.4, -0.2) is 16.8 Å². The fourth-order valence-electron chi connectivity index (χ4n) is 1.64. The van der Waals surface area contributed by atoms with Crippen LogP contribution in [0.15, 0.2) is 42.6 Å². The Kier molecular flexibility index (Phi) is 4.90. The number of carbonyl (C=O) groups excluding carboxylic acids is 2. The lowest BCUT2D eigenvalue weighted by atomic mass is 10.2. The second kappa shape index (κ2) is 6.85. The minimum absolute atomic E-state index is 0.0830. The summed E-state index contributed by atoms with van der Waals surface area (Å²) in [6.07, 6.45) is 1.80. The predicted octanol–water partition coefficient (Wildman–Crippen LogP) is 3.34. The zero-order chi connectivity index (χ0) is 15.2. The van der Waals surface area contributed by atoms with Crippen molar-refractivity contribution in [2.45, 2.75) is 13.3 Å². The van der Waals surface area contributed by atoms with Crippen molar-refractivity contribution in [1.29, 1.82) is 0 Å². The molecule has 0 saturated carbocycles. The quantitative estimate of drug-likeness (QED) is 0.851. The van der Waals surface area contributed by atoms with Gasteiger partial charge < -0.3 is 10.6 Å². The highest BCUT2D eigenvalue weighted by Crippen LogP contribution is 2.16. The molecule has 2 rings (SSSR count). The SMILES string of the molecule is CCC(=O)Nc1cccc(NC(=O)c2ccc(Cl)nc2)c1. The number of anilines is 2.